The third-order valence-electron chi connectivity index (χ3n) is 3.80. The number of H-pyrrole nitrogens is 1. The van der Waals surface area contributed by atoms with Crippen molar-refractivity contribution in [1.82, 2.24) is 19.7 Å². The van der Waals surface area contributed by atoms with E-state index in [-0.39, 0.29) is 22.4 Å². The molecule has 8 heteroatoms. The molecule has 2 heterocycles. The molecule has 25 heavy (non-hydrogen) atoms. The van der Waals surface area contributed by atoms with Gasteiger partial charge in [-0.05, 0) is 48.5 Å². The van der Waals surface area contributed by atoms with Crippen LogP contribution in [0.1, 0.15) is 0 Å². The van der Waals surface area contributed by atoms with Crippen molar-refractivity contribution in [2.24, 2.45) is 0 Å². The summed E-state index contributed by atoms with van der Waals surface area (Å²) in [6.07, 6.45) is 0. The number of halogens is 2. The summed E-state index contributed by atoms with van der Waals surface area (Å²) in [5.74, 6) is 0.612. The smallest absolute Gasteiger partial charge is 0.271 e. The molecule has 0 amide bonds. The van der Waals surface area contributed by atoms with Crippen molar-refractivity contribution in [3.8, 4) is 17.1 Å². The Morgan fingerprint density at radius 1 is 0.960 bits per heavy atom. The number of nitrogens with two attached hydrogens (primary N) is 1. The summed E-state index contributed by atoms with van der Waals surface area (Å²) in [5.41, 5.74) is 7.13. The summed E-state index contributed by atoms with van der Waals surface area (Å²) in [6, 6.07) is 13.9. The average Bonchev–Trinajstić information content (AvgIpc) is 2.98. The Kier molecular flexibility index (Phi) is 3.71. The monoisotopic (exact) mass is 371 g/mol. The van der Waals surface area contributed by atoms with E-state index >= 15 is 0 Å². The molecule has 2 aromatic carbocycles. The lowest BCUT2D eigenvalue weighted by atomic mass is 10.2. The third kappa shape index (κ3) is 2.65. The number of nitrogens with zero attached hydrogens (tertiary/aromatic N) is 3. The van der Waals surface area contributed by atoms with Crippen LogP contribution in [0.2, 0.25) is 10.0 Å². The highest BCUT2D eigenvalue weighted by atomic mass is 35.5. The SMILES string of the molecule is Nc1[nH]nc2nc(-c3ccc(Cl)cc3)n(-c3ccc(Cl)cc3)c(=O)c12. The Morgan fingerprint density at radius 3 is 2.20 bits per heavy atom. The number of fused-ring (bicyclic) bond motifs is 1. The molecule has 0 aliphatic heterocycles. The molecule has 0 bridgehead atoms. The number of hydrogen-bond donors (Lipinski definition) is 2. The molecule has 0 spiro atoms. The van der Waals surface area contributed by atoms with Gasteiger partial charge < -0.3 is 5.73 Å². The molecular weight excluding hydrogens is 361 g/mol. The Bertz CT molecular complexity index is 1130. The lowest BCUT2D eigenvalue weighted by Gasteiger charge is -2.12. The van der Waals surface area contributed by atoms with Gasteiger partial charge in [0.05, 0.1) is 5.69 Å². The summed E-state index contributed by atoms with van der Waals surface area (Å²) >= 11 is 11.9. The van der Waals surface area contributed by atoms with Crippen LogP contribution in [0.3, 0.4) is 0 Å². The van der Waals surface area contributed by atoms with E-state index < -0.39 is 0 Å². The van der Waals surface area contributed by atoms with E-state index in [9.17, 15) is 4.79 Å². The van der Waals surface area contributed by atoms with Gasteiger partial charge in [0.1, 0.15) is 17.0 Å². The molecule has 0 aliphatic carbocycles. The highest BCUT2D eigenvalue weighted by molar-refractivity contribution is 6.30. The molecule has 3 N–H and O–H groups in total. The lowest BCUT2D eigenvalue weighted by Crippen LogP contribution is -2.22. The summed E-state index contributed by atoms with van der Waals surface area (Å²) in [5, 5.41) is 8.02. The first kappa shape index (κ1) is 15.7. The lowest BCUT2D eigenvalue weighted by molar-refractivity contribution is 0.971. The predicted octanol–water partition coefficient (Wildman–Crippen LogP) is 3.66. The van der Waals surface area contributed by atoms with Crippen LogP contribution >= 0.6 is 23.2 Å². The van der Waals surface area contributed by atoms with Gasteiger partial charge in [-0.25, -0.2) is 4.98 Å². The Morgan fingerprint density at radius 2 is 1.56 bits per heavy atom. The second-order valence-electron chi connectivity index (χ2n) is 5.40. The molecular formula is C17H11Cl2N5O. The van der Waals surface area contributed by atoms with E-state index in [1.165, 1.54) is 4.57 Å². The fourth-order valence-electron chi connectivity index (χ4n) is 2.62. The van der Waals surface area contributed by atoms with Crippen molar-refractivity contribution >= 4 is 40.1 Å². The van der Waals surface area contributed by atoms with Gasteiger partial charge in [0.2, 0.25) is 0 Å². The second-order valence-corrected chi connectivity index (χ2v) is 6.27. The largest absolute Gasteiger partial charge is 0.383 e. The van der Waals surface area contributed by atoms with Crippen LogP contribution in [0.15, 0.2) is 53.3 Å². The minimum absolute atomic E-state index is 0.179. The van der Waals surface area contributed by atoms with Crippen molar-refractivity contribution in [2.75, 3.05) is 5.73 Å². The maximum absolute atomic E-state index is 13.1. The first-order valence-corrected chi connectivity index (χ1v) is 8.08. The molecule has 4 rings (SSSR count). The maximum atomic E-state index is 13.1. The standard InChI is InChI=1S/C17H11Cl2N5O/c18-10-3-1-9(2-4-10)16-21-15-13(14(20)22-23-15)17(25)24(16)12-7-5-11(19)6-8-12/h1-8H,(H3,20,22,23). The van der Waals surface area contributed by atoms with Crippen LogP contribution in [0, 0.1) is 0 Å². The maximum Gasteiger partial charge on any atom is 0.271 e. The summed E-state index contributed by atoms with van der Waals surface area (Å²) in [6.45, 7) is 0. The van der Waals surface area contributed by atoms with Gasteiger partial charge in [-0.15, -0.1) is 0 Å². The molecule has 0 aliphatic rings. The first-order chi connectivity index (χ1) is 12.0. The van der Waals surface area contributed by atoms with Crippen molar-refractivity contribution in [2.45, 2.75) is 0 Å². The van der Waals surface area contributed by atoms with Crippen LogP contribution in [0.25, 0.3) is 28.1 Å². The number of nitrogen functional groups attached to an aromatic ring is 1. The summed E-state index contributed by atoms with van der Waals surface area (Å²) in [7, 11) is 0. The Balaban J connectivity index is 2.09. The predicted molar refractivity (Wildman–Crippen MR) is 99.4 cm³/mol. The van der Waals surface area contributed by atoms with Crippen LogP contribution in [0.5, 0.6) is 0 Å². The molecule has 0 fully saturated rings. The minimum atomic E-state index is -0.316. The zero-order chi connectivity index (χ0) is 17.6. The van der Waals surface area contributed by atoms with E-state index in [1.807, 2.05) is 0 Å². The minimum Gasteiger partial charge on any atom is -0.383 e. The number of anilines is 1. The molecule has 0 saturated carbocycles. The quantitative estimate of drug-likeness (QED) is 0.562. The van der Waals surface area contributed by atoms with Crippen LogP contribution in [-0.2, 0) is 0 Å². The van der Waals surface area contributed by atoms with Crippen molar-refractivity contribution in [3.05, 3.63) is 68.9 Å². The highest BCUT2D eigenvalue weighted by Crippen LogP contribution is 2.25. The Hall–Kier alpha value is -2.83. The van der Waals surface area contributed by atoms with Crippen LogP contribution in [-0.4, -0.2) is 19.7 Å². The van der Waals surface area contributed by atoms with Crippen molar-refractivity contribution < 1.29 is 0 Å². The van der Waals surface area contributed by atoms with Gasteiger partial charge in [0.25, 0.3) is 5.56 Å². The third-order valence-corrected chi connectivity index (χ3v) is 4.31. The van der Waals surface area contributed by atoms with E-state index in [0.717, 1.165) is 5.56 Å². The number of aromatic amines is 1. The van der Waals surface area contributed by atoms with E-state index in [0.29, 0.717) is 21.6 Å². The second kappa shape index (κ2) is 5.91. The average molecular weight is 372 g/mol. The number of rotatable bonds is 2. The van der Waals surface area contributed by atoms with Crippen molar-refractivity contribution in [3.63, 3.8) is 0 Å². The zero-order valence-electron chi connectivity index (χ0n) is 12.7. The molecule has 2 aromatic heterocycles. The molecule has 0 unspecified atom stereocenters. The van der Waals surface area contributed by atoms with E-state index in [1.54, 1.807) is 48.5 Å². The van der Waals surface area contributed by atoms with Gasteiger partial charge in [0, 0.05) is 15.6 Å². The van der Waals surface area contributed by atoms with E-state index in [4.69, 9.17) is 28.9 Å². The van der Waals surface area contributed by atoms with Crippen molar-refractivity contribution in [1.29, 1.82) is 0 Å². The van der Waals surface area contributed by atoms with Gasteiger partial charge in [-0.3, -0.25) is 14.5 Å². The fraction of sp³-hybridized carbons (Fsp3) is 0. The molecule has 0 radical (unpaired) electrons. The van der Waals surface area contributed by atoms with E-state index in [2.05, 4.69) is 15.2 Å². The van der Waals surface area contributed by atoms with Crippen LogP contribution < -0.4 is 11.3 Å². The molecule has 4 aromatic rings. The number of benzene rings is 2. The summed E-state index contributed by atoms with van der Waals surface area (Å²) in [4.78, 5) is 17.6. The normalized spacial score (nSPS) is 11.1. The number of hydrogen-bond acceptors (Lipinski definition) is 4. The molecule has 124 valence electrons. The highest BCUT2D eigenvalue weighted by Gasteiger charge is 2.18. The molecule has 0 atom stereocenters. The molecule has 6 nitrogen and oxygen atoms in total. The first-order valence-electron chi connectivity index (χ1n) is 7.33. The van der Waals surface area contributed by atoms with Gasteiger partial charge in [-0.2, -0.15) is 5.10 Å². The van der Waals surface area contributed by atoms with Crippen LogP contribution in [0.4, 0.5) is 5.82 Å². The van der Waals surface area contributed by atoms with Gasteiger partial charge in [0.15, 0.2) is 5.65 Å². The zero-order valence-corrected chi connectivity index (χ0v) is 14.2. The topological polar surface area (TPSA) is 89.6 Å². The summed E-state index contributed by atoms with van der Waals surface area (Å²) < 4.78 is 1.48. The Labute approximate surface area is 151 Å². The van der Waals surface area contributed by atoms with Gasteiger partial charge in [-0.1, -0.05) is 23.2 Å². The number of aromatic nitrogens is 4. The number of nitrogens with one attached hydrogen (secondary N) is 1. The van der Waals surface area contributed by atoms with Gasteiger partial charge >= 0.3 is 0 Å². The molecule has 0 saturated heterocycles. The fourth-order valence-corrected chi connectivity index (χ4v) is 2.87.